The summed E-state index contributed by atoms with van der Waals surface area (Å²) in [6, 6.07) is 0. The van der Waals surface area contributed by atoms with Crippen molar-refractivity contribution in [2.24, 2.45) is 11.1 Å². The van der Waals surface area contributed by atoms with Crippen LogP contribution in [0.15, 0.2) is 0 Å². The van der Waals surface area contributed by atoms with E-state index in [0.717, 1.165) is 19.6 Å². The first kappa shape index (κ1) is 15.9. The minimum Gasteiger partial charge on any atom is -0.378 e. The van der Waals surface area contributed by atoms with E-state index in [9.17, 15) is 0 Å². The molecule has 3 heteroatoms. The van der Waals surface area contributed by atoms with Gasteiger partial charge >= 0.3 is 0 Å². The smallest absolute Gasteiger partial charge is 0.0599 e. The molecular weight excluding hydrogens is 224 g/mol. The van der Waals surface area contributed by atoms with Gasteiger partial charge in [-0.05, 0) is 50.6 Å². The zero-order chi connectivity index (χ0) is 13.4. The molecule has 0 spiro atoms. The van der Waals surface area contributed by atoms with Crippen molar-refractivity contribution in [3.05, 3.63) is 0 Å². The second kappa shape index (κ2) is 8.13. The predicted molar refractivity (Wildman–Crippen MR) is 77.8 cm³/mol. The summed E-state index contributed by atoms with van der Waals surface area (Å²) in [5.41, 5.74) is 5.94. The average molecular weight is 256 g/mol. The van der Waals surface area contributed by atoms with Crippen LogP contribution in [0.5, 0.6) is 0 Å². The molecule has 0 aromatic heterocycles. The van der Waals surface area contributed by atoms with Gasteiger partial charge in [0.1, 0.15) is 0 Å². The van der Waals surface area contributed by atoms with Crippen molar-refractivity contribution in [2.45, 2.75) is 59.0 Å². The van der Waals surface area contributed by atoms with Crippen LogP contribution in [0.4, 0.5) is 0 Å². The number of nitrogens with zero attached hydrogens (tertiary/aromatic N) is 1. The number of hydrogen-bond donors (Lipinski definition) is 1. The Balaban J connectivity index is 2.04. The standard InChI is InChI=1S/C15H32N2O/c1-15(2,3)8-4-10-17-11-6-14(7-12-17)18-13-5-9-16/h14H,4-13,16H2,1-3H3. The molecule has 1 saturated heterocycles. The fourth-order valence-corrected chi connectivity index (χ4v) is 2.47. The zero-order valence-electron chi connectivity index (χ0n) is 12.6. The molecule has 0 saturated carbocycles. The van der Waals surface area contributed by atoms with E-state index in [1.807, 2.05) is 0 Å². The minimum absolute atomic E-state index is 0.476. The van der Waals surface area contributed by atoms with E-state index in [0.29, 0.717) is 11.5 Å². The van der Waals surface area contributed by atoms with Gasteiger partial charge in [0.2, 0.25) is 0 Å². The maximum atomic E-state index is 5.82. The van der Waals surface area contributed by atoms with E-state index in [-0.39, 0.29) is 0 Å². The van der Waals surface area contributed by atoms with Gasteiger partial charge in [-0.2, -0.15) is 0 Å². The van der Waals surface area contributed by atoms with Crippen molar-refractivity contribution in [3.63, 3.8) is 0 Å². The summed E-state index contributed by atoms with van der Waals surface area (Å²) in [6.07, 6.45) is 6.50. The van der Waals surface area contributed by atoms with Gasteiger partial charge in [-0.1, -0.05) is 20.8 Å². The van der Waals surface area contributed by atoms with Gasteiger partial charge < -0.3 is 15.4 Å². The van der Waals surface area contributed by atoms with Gasteiger partial charge in [0.15, 0.2) is 0 Å². The summed E-state index contributed by atoms with van der Waals surface area (Å²) in [6.45, 7) is 12.2. The van der Waals surface area contributed by atoms with Crippen LogP contribution in [0.25, 0.3) is 0 Å². The highest BCUT2D eigenvalue weighted by Gasteiger charge is 2.19. The SMILES string of the molecule is CC(C)(C)CCCN1CCC(OCCCN)CC1. The minimum atomic E-state index is 0.476. The highest BCUT2D eigenvalue weighted by atomic mass is 16.5. The molecule has 0 aromatic carbocycles. The summed E-state index contributed by atoms with van der Waals surface area (Å²) < 4.78 is 5.82. The highest BCUT2D eigenvalue weighted by Crippen LogP contribution is 2.21. The predicted octanol–water partition coefficient (Wildman–Crippen LogP) is 2.64. The summed E-state index contributed by atoms with van der Waals surface area (Å²) in [4.78, 5) is 2.59. The molecule has 0 bridgehead atoms. The quantitative estimate of drug-likeness (QED) is 0.712. The molecule has 0 unspecified atom stereocenters. The molecule has 1 aliphatic rings. The first-order valence-corrected chi connectivity index (χ1v) is 7.55. The zero-order valence-corrected chi connectivity index (χ0v) is 12.6. The second-order valence-corrected chi connectivity index (χ2v) is 6.72. The van der Waals surface area contributed by atoms with E-state index < -0.39 is 0 Å². The average Bonchev–Trinajstić information content (AvgIpc) is 2.30. The first-order valence-electron chi connectivity index (χ1n) is 7.55. The van der Waals surface area contributed by atoms with E-state index in [1.165, 1.54) is 45.3 Å². The first-order chi connectivity index (χ1) is 8.51. The fraction of sp³-hybridized carbons (Fsp3) is 1.00. The molecule has 108 valence electrons. The van der Waals surface area contributed by atoms with Crippen LogP contribution in [-0.4, -0.2) is 43.8 Å². The molecule has 0 aliphatic carbocycles. The van der Waals surface area contributed by atoms with Crippen molar-refractivity contribution >= 4 is 0 Å². The van der Waals surface area contributed by atoms with Crippen LogP contribution >= 0.6 is 0 Å². The Bertz CT molecular complexity index is 205. The molecule has 0 aromatic rings. The summed E-state index contributed by atoms with van der Waals surface area (Å²) in [5.74, 6) is 0. The van der Waals surface area contributed by atoms with Crippen LogP contribution in [0.3, 0.4) is 0 Å². The normalized spacial score (nSPS) is 19.3. The number of rotatable bonds is 7. The highest BCUT2D eigenvalue weighted by molar-refractivity contribution is 4.73. The van der Waals surface area contributed by atoms with Crippen molar-refractivity contribution < 1.29 is 4.74 Å². The summed E-state index contributed by atoms with van der Waals surface area (Å²) in [7, 11) is 0. The van der Waals surface area contributed by atoms with E-state index in [2.05, 4.69) is 25.7 Å². The molecule has 0 amide bonds. The number of hydrogen-bond acceptors (Lipinski definition) is 3. The van der Waals surface area contributed by atoms with Gasteiger partial charge in [-0.15, -0.1) is 0 Å². The molecule has 2 N–H and O–H groups in total. The molecule has 1 fully saturated rings. The van der Waals surface area contributed by atoms with Crippen LogP contribution in [0.1, 0.15) is 52.9 Å². The van der Waals surface area contributed by atoms with Gasteiger partial charge in [0.05, 0.1) is 6.10 Å². The maximum Gasteiger partial charge on any atom is 0.0599 e. The Morgan fingerprint density at radius 3 is 2.39 bits per heavy atom. The third kappa shape index (κ3) is 7.34. The van der Waals surface area contributed by atoms with Crippen LogP contribution in [-0.2, 0) is 4.74 Å². The molecule has 3 nitrogen and oxygen atoms in total. The van der Waals surface area contributed by atoms with Gasteiger partial charge in [-0.3, -0.25) is 0 Å². The second-order valence-electron chi connectivity index (χ2n) is 6.72. The fourth-order valence-electron chi connectivity index (χ4n) is 2.47. The third-order valence-electron chi connectivity index (χ3n) is 3.64. The lowest BCUT2D eigenvalue weighted by Gasteiger charge is -2.32. The van der Waals surface area contributed by atoms with Crippen LogP contribution in [0.2, 0.25) is 0 Å². The van der Waals surface area contributed by atoms with Gasteiger partial charge in [0.25, 0.3) is 0 Å². The Hall–Kier alpha value is -0.120. The number of nitrogens with two attached hydrogens (primary N) is 1. The van der Waals surface area contributed by atoms with Crippen molar-refractivity contribution in [1.29, 1.82) is 0 Å². The summed E-state index contributed by atoms with van der Waals surface area (Å²) >= 11 is 0. The Kier molecular flexibility index (Phi) is 7.20. The molecule has 1 aliphatic heterocycles. The lowest BCUT2D eigenvalue weighted by Crippen LogP contribution is -2.38. The summed E-state index contributed by atoms with van der Waals surface area (Å²) in [5, 5.41) is 0. The molecule has 1 rings (SSSR count). The molecule has 1 heterocycles. The monoisotopic (exact) mass is 256 g/mol. The van der Waals surface area contributed by atoms with Crippen LogP contribution in [0, 0.1) is 5.41 Å². The molecule has 0 atom stereocenters. The third-order valence-corrected chi connectivity index (χ3v) is 3.64. The topological polar surface area (TPSA) is 38.5 Å². The van der Waals surface area contributed by atoms with E-state index in [4.69, 9.17) is 10.5 Å². The Morgan fingerprint density at radius 2 is 1.83 bits per heavy atom. The lowest BCUT2D eigenvalue weighted by atomic mass is 9.90. The molecule has 0 radical (unpaired) electrons. The molecule has 18 heavy (non-hydrogen) atoms. The lowest BCUT2D eigenvalue weighted by molar-refractivity contribution is 0.00663. The number of ether oxygens (including phenoxy) is 1. The Morgan fingerprint density at radius 1 is 1.17 bits per heavy atom. The van der Waals surface area contributed by atoms with E-state index in [1.54, 1.807) is 0 Å². The van der Waals surface area contributed by atoms with Gasteiger partial charge in [0, 0.05) is 19.7 Å². The number of likely N-dealkylation sites (tertiary alicyclic amines) is 1. The largest absolute Gasteiger partial charge is 0.378 e. The number of piperidine rings is 1. The van der Waals surface area contributed by atoms with Crippen LogP contribution < -0.4 is 5.73 Å². The van der Waals surface area contributed by atoms with Crippen molar-refractivity contribution in [1.82, 2.24) is 4.90 Å². The Labute approximate surface area is 113 Å². The van der Waals surface area contributed by atoms with Gasteiger partial charge in [-0.25, -0.2) is 0 Å². The van der Waals surface area contributed by atoms with Crippen molar-refractivity contribution in [3.8, 4) is 0 Å². The molecular formula is C15H32N2O. The van der Waals surface area contributed by atoms with E-state index >= 15 is 0 Å². The van der Waals surface area contributed by atoms with Crippen molar-refractivity contribution in [2.75, 3.05) is 32.8 Å². The maximum absolute atomic E-state index is 5.82.